The molecule has 0 heterocycles. The number of carbonyl (C=O) groups is 1. The van der Waals surface area contributed by atoms with E-state index in [1.54, 1.807) is 24.3 Å². The Morgan fingerprint density at radius 2 is 1.92 bits per heavy atom. The summed E-state index contributed by atoms with van der Waals surface area (Å²) in [6.07, 6.45) is 3.07. The molecule has 0 saturated carbocycles. The van der Waals surface area contributed by atoms with Crippen LogP contribution in [0.4, 0.5) is 5.69 Å². The maximum atomic E-state index is 11.9. The summed E-state index contributed by atoms with van der Waals surface area (Å²) < 4.78 is 5.36. The number of amides is 1. The van der Waals surface area contributed by atoms with E-state index in [1.807, 2.05) is 31.2 Å². The van der Waals surface area contributed by atoms with E-state index >= 15 is 0 Å². The topological polar surface area (TPSA) is 50.4 Å². The zero-order chi connectivity index (χ0) is 18.2. The molecule has 4 nitrogen and oxygen atoms in total. The van der Waals surface area contributed by atoms with E-state index in [1.165, 1.54) is 6.08 Å². The fourth-order valence-electron chi connectivity index (χ4n) is 1.91. The summed E-state index contributed by atoms with van der Waals surface area (Å²) in [5, 5.41) is 6.47. The fourth-order valence-corrected chi connectivity index (χ4v) is 2.46. The lowest BCUT2D eigenvalue weighted by atomic mass is 10.2. The van der Waals surface area contributed by atoms with Crippen LogP contribution in [-0.2, 0) is 4.79 Å². The number of anilines is 1. The molecule has 0 aliphatic heterocycles. The zero-order valence-corrected chi connectivity index (χ0v) is 15.7. The van der Waals surface area contributed by atoms with E-state index in [9.17, 15) is 4.79 Å². The van der Waals surface area contributed by atoms with Crippen LogP contribution in [0, 0.1) is 0 Å². The molecule has 0 fully saturated rings. The first-order chi connectivity index (χ1) is 12.0. The van der Waals surface area contributed by atoms with Gasteiger partial charge in [-0.25, -0.2) is 0 Å². The molecule has 0 bridgehead atoms. The van der Waals surface area contributed by atoms with Gasteiger partial charge in [0.1, 0.15) is 5.75 Å². The second-order valence-corrected chi connectivity index (χ2v) is 6.15. The van der Waals surface area contributed by atoms with E-state index in [0.717, 1.165) is 11.3 Å². The number of halogens is 2. The van der Waals surface area contributed by atoms with Crippen LogP contribution in [0.25, 0.3) is 6.08 Å². The molecule has 2 aromatic carbocycles. The Bertz CT molecular complexity index is 792. The Kier molecular flexibility index (Phi) is 7.25. The van der Waals surface area contributed by atoms with Gasteiger partial charge in [0, 0.05) is 11.1 Å². The van der Waals surface area contributed by atoms with Gasteiger partial charge in [0.25, 0.3) is 0 Å². The molecule has 2 aromatic rings. The molecule has 2 N–H and O–H groups in total. The number of rotatable bonds is 5. The molecule has 25 heavy (non-hydrogen) atoms. The van der Waals surface area contributed by atoms with Crippen LogP contribution < -0.4 is 15.4 Å². The van der Waals surface area contributed by atoms with Crippen molar-refractivity contribution < 1.29 is 9.53 Å². The van der Waals surface area contributed by atoms with Gasteiger partial charge in [0.15, 0.2) is 5.11 Å². The van der Waals surface area contributed by atoms with Crippen LogP contribution in [0.1, 0.15) is 12.5 Å². The third kappa shape index (κ3) is 6.38. The number of ether oxygens (including phenoxy) is 1. The number of carbonyl (C=O) groups excluding carboxylic acids is 1. The van der Waals surface area contributed by atoms with E-state index < -0.39 is 0 Å². The van der Waals surface area contributed by atoms with Gasteiger partial charge < -0.3 is 10.1 Å². The minimum Gasteiger partial charge on any atom is -0.494 e. The minimum absolute atomic E-state index is 0.130. The highest BCUT2D eigenvalue weighted by Crippen LogP contribution is 2.25. The van der Waals surface area contributed by atoms with Crippen molar-refractivity contribution in [1.29, 1.82) is 0 Å². The Morgan fingerprint density at radius 3 is 2.60 bits per heavy atom. The first-order valence-corrected chi connectivity index (χ1v) is 8.62. The molecule has 0 spiro atoms. The maximum absolute atomic E-state index is 11.9. The van der Waals surface area contributed by atoms with Crippen LogP contribution in [-0.4, -0.2) is 17.6 Å². The number of nitrogens with one attached hydrogen (secondary N) is 2. The normalized spacial score (nSPS) is 10.5. The van der Waals surface area contributed by atoms with Crippen molar-refractivity contribution in [2.24, 2.45) is 0 Å². The number of thiocarbonyl (C=S) groups is 1. The number of benzene rings is 2. The highest BCUT2D eigenvalue weighted by molar-refractivity contribution is 7.80. The van der Waals surface area contributed by atoms with Crippen molar-refractivity contribution >= 4 is 58.2 Å². The first kappa shape index (κ1) is 19.2. The molecule has 0 unspecified atom stereocenters. The lowest BCUT2D eigenvalue weighted by molar-refractivity contribution is -0.115. The van der Waals surface area contributed by atoms with Crippen LogP contribution in [0.15, 0.2) is 48.5 Å². The molecule has 7 heteroatoms. The minimum atomic E-state index is -0.357. The standard InChI is InChI=1S/C18H16Cl2N2O2S/c1-2-24-14-7-3-12(4-8-14)5-10-17(23)22-18(25)21-16-11-13(19)6-9-15(16)20/h3-11H,2H2,1H3,(H2,21,22,23,25)/b10-5+. The maximum Gasteiger partial charge on any atom is 0.250 e. The van der Waals surface area contributed by atoms with Gasteiger partial charge in [0.05, 0.1) is 17.3 Å². The molecule has 0 atom stereocenters. The summed E-state index contributed by atoms with van der Waals surface area (Å²) in [7, 11) is 0. The van der Waals surface area contributed by atoms with Gasteiger partial charge in [-0.05, 0) is 61.1 Å². The second-order valence-electron chi connectivity index (χ2n) is 4.90. The summed E-state index contributed by atoms with van der Waals surface area (Å²) >= 11 is 17.0. The van der Waals surface area contributed by atoms with E-state index in [2.05, 4.69) is 10.6 Å². The fraction of sp³-hybridized carbons (Fsp3) is 0.111. The number of hydrogen-bond acceptors (Lipinski definition) is 3. The highest BCUT2D eigenvalue weighted by Gasteiger charge is 2.05. The van der Waals surface area contributed by atoms with E-state index in [-0.39, 0.29) is 11.0 Å². The molecule has 0 aromatic heterocycles. The Hall–Kier alpha value is -2.08. The van der Waals surface area contributed by atoms with Gasteiger partial charge in [-0.3, -0.25) is 10.1 Å². The Labute approximate surface area is 161 Å². The Balaban J connectivity index is 1.90. The summed E-state index contributed by atoms with van der Waals surface area (Å²) in [6.45, 7) is 2.53. The van der Waals surface area contributed by atoms with Gasteiger partial charge in [-0.1, -0.05) is 35.3 Å². The molecule has 1 amide bonds. The van der Waals surface area contributed by atoms with Gasteiger partial charge in [-0.2, -0.15) is 0 Å². The predicted octanol–water partition coefficient (Wildman–Crippen LogP) is 4.92. The van der Waals surface area contributed by atoms with Crippen molar-refractivity contribution in [3.05, 3.63) is 64.1 Å². The van der Waals surface area contributed by atoms with Crippen LogP contribution >= 0.6 is 35.4 Å². The number of hydrogen-bond donors (Lipinski definition) is 2. The Morgan fingerprint density at radius 1 is 1.20 bits per heavy atom. The third-order valence-electron chi connectivity index (χ3n) is 3.03. The molecule has 0 aliphatic rings. The molecule has 130 valence electrons. The lowest BCUT2D eigenvalue weighted by Crippen LogP contribution is -2.32. The van der Waals surface area contributed by atoms with Crippen molar-refractivity contribution in [1.82, 2.24) is 5.32 Å². The summed E-state index contributed by atoms with van der Waals surface area (Å²) in [5.74, 6) is 0.428. The van der Waals surface area contributed by atoms with Crippen molar-refractivity contribution in [2.75, 3.05) is 11.9 Å². The predicted molar refractivity (Wildman–Crippen MR) is 107 cm³/mol. The average Bonchev–Trinajstić information content (AvgIpc) is 2.58. The monoisotopic (exact) mass is 394 g/mol. The highest BCUT2D eigenvalue weighted by atomic mass is 35.5. The average molecular weight is 395 g/mol. The van der Waals surface area contributed by atoms with Crippen LogP contribution in [0.2, 0.25) is 10.0 Å². The SMILES string of the molecule is CCOc1ccc(/C=C/C(=O)NC(=S)Nc2cc(Cl)ccc2Cl)cc1. The molecule has 0 saturated heterocycles. The quantitative estimate of drug-likeness (QED) is 0.558. The second kappa shape index (κ2) is 9.42. The van der Waals surface area contributed by atoms with E-state index in [0.29, 0.717) is 22.3 Å². The van der Waals surface area contributed by atoms with Crippen molar-refractivity contribution in [3.63, 3.8) is 0 Å². The van der Waals surface area contributed by atoms with Gasteiger partial charge in [-0.15, -0.1) is 0 Å². The molecule has 0 radical (unpaired) electrons. The summed E-state index contributed by atoms with van der Waals surface area (Å²) in [6, 6.07) is 12.3. The smallest absolute Gasteiger partial charge is 0.250 e. The van der Waals surface area contributed by atoms with Crippen LogP contribution in [0.3, 0.4) is 0 Å². The largest absolute Gasteiger partial charge is 0.494 e. The summed E-state index contributed by atoms with van der Waals surface area (Å²) in [5.41, 5.74) is 1.39. The van der Waals surface area contributed by atoms with Gasteiger partial charge >= 0.3 is 0 Å². The van der Waals surface area contributed by atoms with Crippen molar-refractivity contribution in [3.8, 4) is 5.75 Å². The lowest BCUT2D eigenvalue weighted by Gasteiger charge is -2.10. The molecule has 0 aliphatic carbocycles. The molecular weight excluding hydrogens is 379 g/mol. The summed E-state index contributed by atoms with van der Waals surface area (Å²) in [4.78, 5) is 11.9. The van der Waals surface area contributed by atoms with Crippen molar-refractivity contribution in [2.45, 2.75) is 6.92 Å². The third-order valence-corrected chi connectivity index (χ3v) is 3.80. The molecular formula is C18H16Cl2N2O2S. The zero-order valence-electron chi connectivity index (χ0n) is 13.4. The first-order valence-electron chi connectivity index (χ1n) is 7.46. The van der Waals surface area contributed by atoms with Crippen LogP contribution in [0.5, 0.6) is 5.75 Å². The molecule has 2 rings (SSSR count). The van der Waals surface area contributed by atoms with E-state index in [4.69, 9.17) is 40.2 Å². The van der Waals surface area contributed by atoms with Gasteiger partial charge in [0.2, 0.25) is 5.91 Å².